The molecule has 2 rings (SSSR count). The van der Waals surface area contributed by atoms with Crippen LogP contribution in [-0.4, -0.2) is 24.0 Å². The Balaban J connectivity index is 1.83. The summed E-state index contributed by atoms with van der Waals surface area (Å²) in [5, 5.41) is 7.61. The van der Waals surface area contributed by atoms with Crippen LogP contribution in [-0.2, 0) is 4.79 Å². The van der Waals surface area contributed by atoms with Crippen molar-refractivity contribution in [3.8, 4) is 0 Å². The maximum atomic E-state index is 13.5. The number of carbonyl (C=O) groups is 2. The number of hydrogen-bond acceptors (Lipinski definition) is 3. The molecule has 1 aliphatic rings. The molecule has 1 atom stereocenters. The zero-order chi connectivity index (χ0) is 16.8. The first-order valence-corrected chi connectivity index (χ1v) is 7.78. The Hall–Kier alpha value is -2.18. The lowest BCUT2D eigenvalue weighted by molar-refractivity contribution is -0.120. The minimum Gasteiger partial charge on any atom is -0.372 e. The Morgan fingerprint density at radius 3 is 2.52 bits per heavy atom. The minimum absolute atomic E-state index is 0.00161. The van der Waals surface area contributed by atoms with Crippen LogP contribution in [0.25, 0.3) is 0 Å². The second-order valence-corrected chi connectivity index (χ2v) is 5.79. The maximum absolute atomic E-state index is 13.5. The molecule has 3 amide bonds. The third kappa shape index (κ3) is 5.19. The van der Waals surface area contributed by atoms with E-state index < -0.39 is 29.6 Å². The summed E-state index contributed by atoms with van der Waals surface area (Å²) < 4.78 is 26.4. The van der Waals surface area contributed by atoms with Gasteiger partial charge in [-0.25, -0.2) is 13.6 Å². The second-order valence-electron chi connectivity index (χ2n) is 5.79. The van der Waals surface area contributed by atoms with Gasteiger partial charge in [0.15, 0.2) is 0 Å². The van der Waals surface area contributed by atoms with E-state index in [2.05, 4.69) is 16.0 Å². The summed E-state index contributed by atoms with van der Waals surface area (Å²) in [6.07, 6.45) is 5.14. The van der Waals surface area contributed by atoms with Crippen molar-refractivity contribution in [2.45, 2.75) is 51.1 Å². The molecule has 1 aromatic rings. The van der Waals surface area contributed by atoms with Crippen molar-refractivity contribution in [1.29, 1.82) is 0 Å². The SMILES string of the molecule is C[C@@H](Nc1ccc(F)cc1F)C(=O)NC(=O)NC1CCCCC1. The number of carbonyl (C=O) groups excluding carboxylic acids is 2. The van der Waals surface area contributed by atoms with Gasteiger partial charge in [0.1, 0.15) is 17.7 Å². The van der Waals surface area contributed by atoms with Crippen LogP contribution in [0.2, 0.25) is 0 Å². The lowest BCUT2D eigenvalue weighted by Crippen LogP contribution is -2.49. The predicted molar refractivity (Wildman–Crippen MR) is 83.0 cm³/mol. The van der Waals surface area contributed by atoms with E-state index >= 15 is 0 Å². The Kier molecular flexibility index (Phi) is 5.90. The number of hydrogen-bond donors (Lipinski definition) is 3. The average molecular weight is 325 g/mol. The Morgan fingerprint density at radius 1 is 1.17 bits per heavy atom. The maximum Gasteiger partial charge on any atom is 0.321 e. The third-order valence-electron chi connectivity index (χ3n) is 3.87. The van der Waals surface area contributed by atoms with E-state index in [4.69, 9.17) is 0 Å². The molecule has 0 bridgehead atoms. The van der Waals surface area contributed by atoms with Gasteiger partial charge in [-0.1, -0.05) is 19.3 Å². The molecule has 0 aromatic heterocycles. The molecule has 0 unspecified atom stereocenters. The summed E-state index contributed by atoms with van der Waals surface area (Å²) in [7, 11) is 0. The second kappa shape index (κ2) is 7.89. The molecular weight excluding hydrogens is 304 g/mol. The zero-order valence-electron chi connectivity index (χ0n) is 13.0. The number of amides is 3. The molecule has 0 saturated heterocycles. The van der Waals surface area contributed by atoms with E-state index in [0.717, 1.165) is 37.8 Å². The van der Waals surface area contributed by atoms with E-state index in [1.807, 2.05) is 0 Å². The van der Waals surface area contributed by atoms with Gasteiger partial charge in [-0.3, -0.25) is 10.1 Å². The first-order chi connectivity index (χ1) is 11.0. The van der Waals surface area contributed by atoms with E-state index in [1.54, 1.807) is 0 Å². The van der Waals surface area contributed by atoms with Crippen LogP contribution < -0.4 is 16.0 Å². The van der Waals surface area contributed by atoms with E-state index in [-0.39, 0.29) is 11.7 Å². The highest BCUT2D eigenvalue weighted by Gasteiger charge is 2.20. The summed E-state index contributed by atoms with van der Waals surface area (Å²) in [4.78, 5) is 23.7. The van der Waals surface area contributed by atoms with Crippen LogP contribution in [0.1, 0.15) is 39.0 Å². The molecule has 5 nitrogen and oxygen atoms in total. The van der Waals surface area contributed by atoms with E-state index in [9.17, 15) is 18.4 Å². The summed E-state index contributed by atoms with van der Waals surface area (Å²) >= 11 is 0. The van der Waals surface area contributed by atoms with Crippen LogP contribution in [0.4, 0.5) is 19.3 Å². The normalized spacial score (nSPS) is 16.5. The number of anilines is 1. The van der Waals surface area contributed by atoms with Gasteiger partial charge in [0, 0.05) is 12.1 Å². The number of imide groups is 1. The molecule has 3 N–H and O–H groups in total. The lowest BCUT2D eigenvalue weighted by atomic mass is 9.96. The smallest absolute Gasteiger partial charge is 0.321 e. The minimum atomic E-state index is -0.841. The third-order valence-corrected chi connectivity index (χ3v) is 3.87. The molecule has 0 heterocycles. The van der Waals surface area contributed by atoms with Crippen molar-refractivity contribution in [2.24, 2.45) is 0 Å². The standard InChI is InChI=1S/C16H21F2N3O2/c1-10(19-14-8-7-11(17)9-13(14)18)15(22)21-16(23)20-12-5-3-2-4-6-12/h7-10,12,19H,2-6H2,1H3,(H2,20,21,22,23)/t10-/m1/s1. The summed E-state index contributed by atoms with van der Waals surface area (Å²) in [5.74, 6) is -2.07. The van der Waals surface area contributed by atoms with Gasteiger partial charge in [-0.15, -0.1) is 0 Å². The summed E-state index contributed by atoms with van der Waals surface area (Å²) in [6, 6.07) is 1.72. The number of halogens is 2. The van der Waals surface area contributed by atoms with Gasteiger partial charge in [-0.05, 0) is 31.9 Å². The predicted octanol–water partition coefficient (Wildman–Crippen LogP) is 2.92. The molecule has 0 aliphatic heterocycles. The average Bonchev–Trinajstić information content (AvgIpc) is 2.50. The molecule has 1 fully saturated rings. The first kappa shape index (κ1) is 17.2. The van der Waals surface area contributed by atoms with Crippen molar-refractivity contribution in [1.82, 2.24) is 10.6 Å². The summed E-state index contributed by atoms with van der Waals surface area (Å²) in [6.45, 7) is 1.49. The van der Waals surface area contributed by atoms with Crippen molar-refractivity contribution in [2.75, 3.05) is 5.32 Å². The summed E-state index contributed by atoms with van der Waals surface area (Å²) in [5.41, 5.74) is 0.00161. The number of rotatable bonds is 4. The van der Waals surface area contributed by atoms with E-state index in [0.29, 0.717) is 0 Å². The van der Waals surface area contributed by atoms with Crippen LogP contribution in [0.15, 0.2) is 18.2 Å². The molecule has 126 valence electrons. The molecule has 0 radical (unpaired) electrons. The van der Waals surface area contributed by atoms with E-state index in [1.165, 1.54) is 19.4 Å². The van der Waals surface area contributed by atoms with Gasteiger partial charge in [0.05, 0.1) is 5.69 Å². The van der Waals surface area contributed by atoms with Crippen molar-refractivity contribution in [3.05, 3.63) is 29.8 Å². The highest BCUT2D eigenvalue weighted by atomic mass is 19.1. The fraction of sp³-hybridized carbons (Fsp3) is 0.500. The van der Waals surface area contributed by atoms with Crippen LogP contribution in [0.3, 0.4) is 0 Å². The number of benzene rings is 1. The van der Waals surface area contributed by atoms with Gasteiger partial charge < -0.3 is 10.6 Å². The fourth-order valence-electron chi connectivity index (χ4n) is 2.59. The monoisotopic (exact) mass is 325 g/mol. The van der Waals surface area contributed by atoms with Crippen molar-refractivity contribution < 1.29 is 18.4 Å². The number of nitrogens with one attached hydrogen (secondary N) is 3. The quantitative estimate of drug-likeness (QED) is 0.797. The Bertz CT molecular complexity index is 574. The van der Waals surface area contributed by atoms with Crippen molar-refractivity contribution in [3.63, 3.8) is 0 Å². The van der Waals surface area contributed by atoms with Gasteiger partial charge in [-0.2, -0.15) is 0 Å². The van der Waals surface area contributed by atoms with Crippen molar-refractivity contribution >= 4 is 17.6 Å². The largest absolute Gasteiger partial charge is 0.372 e. The van der Waals surface area contributed by atoms with Crippen LogP contribution >= 0.6 is 0 Å². The molecule has 7 heteroatoms. The highest BCUT2D eigenvalue weighted by molar-refractivity contribution is 5.98. The van der Waals surface area contributed by atoms with Gasteiger partial charge in [0.2, 0.25) is 5.91 Å². The van der Waals surface area contributed by atoms with Crippen LogP contribution in [0, 0.1) is 11.6 Å². The number of urea groups is 1. The Labute approximate surface area is 133 Å². The van der Waals surface area contributed by atoms with Crippen LogP contribution in [0.5, 0.6) is 0 Å². The van der Waals surface area contributed by atoms with Gasteiger partial charge in [0.25, 0.3) is 0 Å². The molecule has 0 spiro atoms. The zero-order valence-corrected chi connectivity index (χ0v) is 13.0. The topological polar surface area (TPSA) is 70.2 Å². The molecule has 1 aliphatic carbocycles. The molecular formula is C16H21F2N3O2. The molecule has 1 saturated carbocycles. The highest BCUT2D eigenvalue weighted by Crippen LogP contribution is 2.17. The van der Waals surface area contributed by atoms with Gasteiger partial charge >= 0.3 is 6.03 Å². The first-order valence-electron chi connectivity index (χ1n) is 7.78. The Morgan fingerprint density at radius 2 is 1.87 bits per heavy atom. The molecule has 1 aromatic carbocycles. The molecule has 23 heavy (non-hydrogen) atoms. The lowest BCUT2D eigenvalue weighted by Gasteiger charge is -2.23. The fourth-order valence-corrected chi connectivity index (χ4v) is 2.59.